The maximum atomic E-state index is 12.9. The molecule has 0 radical (unpaired) electrons. The highest BCUT2D eigenvalue weighted by Crippen LogP contribution is 2.37. The molecule has 1 saturated heterocycles. The van der Waals surface area contributed by atoms with Crippen molar-refractivity contribution in [1.29, 1.82) is 0 Å². The molecule has 4 rings (SSSR count). The maximum absolute atomic E-state index is 12.9. The molecular weight excluding hydrogens is 356 g/mol. The van der Waals surface area contributed by atoms with Gasteiger partial charge < -0.3 is 14.8 Å². The fraction of sp³-hybridized carbons (Fsp3) is 0.286. The summed E-state index contributed by atoms with van der Waals surface area (Å²) >= 11 is 0. The highest BCUT2D eigenvalue weighted by Gasteiger charge is 2.37. The van der Waals surface area contributed by atoms with Crippen LogP contribution in [0.4, 0.5) is 5.69 Å². The van der Waals surface area contributed by atoms with E-state index in [4.69, 9.17) is 9.47 Å². The second-order valence-corrected chi connectivity index (χ2v) is 6.70. The average molecular weight is 378 g/mol. The van der Waals surface area contributed by atoms with E-state index in [1.165, 1.54) is 0 Å². The van der Waals surface area contributed by atoms with Crippen LogP contribution in [0.25, 0.3) is 5.69 Å². The molecule has 0 bridgehead atoms. The van der Waals surface area contributed by atoms with Gasteiger partial charge in [-0.05, 0) is 43.7 Å². The topological polar surface area (TPSA) is 78.3 Å². The number of hydrogen-bond acceptors (Lipinski definition) is 5. The number of nitrogens with zero attached hydrogens (tertiary/aromatic N) is 3. The van der Waals surface area contributed by atoms with E-state index in [0.717, 1.165) is 17.1 Å². The molecule has 7 nitrogen and oxygen atoms in total. The number of ether oxygens (including phenoxy) is 2. The number of nitrogens with one attached hydrogen (secondary N) is 1. The Balaban J connectivity index is 1.60. The van der Waals surface area contributed by atoms with Gasteiger partial charge in [0, 0.05) is 18.5 Å². The molecule has 1 fully saturated rings. The van der Waals surface area contributed by atoms with E-state index in [9.17, 15) is 4.79 Å². The van der Waals surface area contributed by atoms with Gasteiger partial charge in [-0.3, -0.25) is 9.78 Å². The van der Waals surface area contributed by atoms with Crippen molar-refractivity contribution in [1.82, 2.24) is 14.8 Å². The fourth-order valence-corrected chi connectivity index (χ4v) is 3.46. The van der Waals surface area contributed by atoms with Gasteiger partial charge in [-0.15, -0.1) is 0 Å². The Morgan fingerprint density at radius 2 is 2.11 bits per heavy atom. The van der Waals surface area contributed by atoms with Crippen molar-refractivity contribution in [2.45, 2.75) is 19.4 Å². The Hall–Kier alpha value is -3.19. The van der Waals surface area contributed by atoms with Gasteiger partial charge in [0.2, 0.25) is 5.91 Å². The zero-order chi connectivity index (χ0) is 19.5. The molecule has 2 aromatic heterocycles. The van der Waals surface area contributed by atoms with Crippen LogP contribution in [0.2, 0.25) is 0 Å². The maximum Gasteiger partial charge on any atom is 0.230 e. The predicted octanol–water partition coefficient (Wildman–Crippen LogP) is 3.30. The van der Waals surface area contributed by atoms with Crippen LogP contribution in [0, 0.1) is 12.8 Å². The first-order chi connectivity index (χ1) is 13.7. The number of aromatic nitrogens is 3. The van der Waals surface area contributed by atoms with Crippen molar-refractivity contribution in [2.75, 3.05) is 19.0 Å². The Kier molecular flexibility index (Phi) is 5.08. The number of hydrogen-bond donors (Lipinski definition) is 1. The first-order valence-electron chi connectivity index (χ1n) is 9.20. The molecule has 1 aromatic carbocycles. The van der Waals surface area contributed by atoms with E-state index in [0.29, 0.717) is 24.5 Å². The van der Waals surface area contributed by atoms with E-state index in [-0.39, 0.29) is 17.9 Å². The largest absolute Gasteiger partial charge is 0.494 e. The number of para-hydroxylation sites is 2. The van der Waals surface area contributed by atoms with Crippen LogP contribution in [0.5, 0.6) is 5.75 Å². The number of amides is 1. The third-order valence-corrected chi connectivity index (χ3v) is 4.88. The summed E-state index contributed by atoms with van der Waals surface area (Å²) in [6.07, 6.45) is 3.64. The molecule has 144 valence electrons. The molecule has 1 aliphatic rings. The third-order valence-electron chi connectivity index (χ3n) is 4.88. The number of pyridine rings is 1. The first kappa shape index (κ1) is 18.2. The standard InChI is InChI=1S/C21H22N4O3/c1-14-7-8-15(13-22-14)24-21(26)16-10-12-28-20(16)18-9-11-23-25(18)17-5-3-4-6-19(17)27-2/h3-9,11,13,16,20H,10,12H2,1-2H3,(H,24,26)/t16-,20-/m0/s1. The lowest BCUT2D eigenvalue weighted by Gasteiger charge is -2.20. The summed E-state index contributed by atoms with van der Waals surface area (Å²) in [5, 5.41) is 7.39. The number of rotatable bonds is 5. The van der Waals surface area contributed by atoms with Crippen molar-refractivity contribution in [3.8, 4) is 11.4 Å². The Morgan fingerprint density at radius 3 is 2.89 bits per heavy atom. The summed E-state index contributed by atoms with van der Waals surface area (Å²) in [6, 6.07) is 13.2. The molecule has 0 unspecified atom stereocenters. The Labute approximate surface area is 163 Å². The number of aryl methyl sites for hydroxylation is 1. The quantitative estimate of drug-likeness (QED) is 0.737. The van der Waals surface area contributed by atoms with Gasteiger partial charge in [0.25, 0.3) is 0 Å². The SMILES string of the molecule is COc1ccccc1-n1nccc1[C@H]1OCC[C@@H]1C(=O)Nc1ccc(C)nc1. The lowest BCUT2D eigenvalue weighted by atomic mass is 9.97. The molecule has 3 aromatic rings. The van der Waals surface area contributed by atoms with Gasteiger partial charge in [-0.1, -0.05) is 12.1 Å². The molecule has 0 spiro atoms. The van der Waals surface area contributed by atoms with E-state index in [2.05, 4.69) is 15.4 Å². The lowest BCUT2D eigenvalue weighted by Crippen LogP contribution is -2.26. The van der Waals surface area contributed by atoms with Gasteiger partial charge >= 0.3 is 0 Å². The first-order valence-corrected chi connectivity index (χ1v) is 9.20. The van der Waals surface area contributed by atoms with Crippen molar-refractivity contribution in [2.24, 2.45) is 5.92 Å². The number of carbonyl (C=O) groups is 1. The minimum absolute atomic E-state index is 0.0825. The molecule has 0 aliphatic carbocycles. The smallest absolute Gasteiger partial charge is 0.230 e. The highest BCUT2D eigenvalue weighted by atomic mass is 16.5. The van der Waals surface area contributed by atoms with E-state index in [1.54, 1.807) is 24.2 Å². The highest BCUT2D eigenvalue weighted by molar-refractivity contribution is 5.93. The molecule has 1 amide bonds. The summed E-state index contributed by atoms with van der Waals surface area (Å²) in [6.45, 7) is 2.43. The summed E-state index contributed by atoms with van der Waals surface area (Å²) in [7, 11) is 1.62. The molecule has 1 aliphatic heterocycles. The lowest BCUT2D eigenvalue weighted by molar-refractivity contribution is -0.121. The van der Waals surface area contributed by atoms with Crippen LogP contribution in [-0.4, -0.2) is 34.4 Å². The van der Waals surface area contributed by atoms with Crippen LogP contribution in [0.3, 0.4) is 0 Å². The molecule has 2 atom stereocenters. The average Bonchev–Trinajstić information content (AvgIpc) is 3.38. The number of anilines is 1. The second kappa shape index (κ2) is 7.82. The molecule has 1 N–H and O–H groups in total. The monoisotopic (exact) mass is 378 g/mol. The number of carbonyl (C=O) groups excluding carboxylic acids is 1. The summed E-state index contributed by atoms with van der Waals surface area (Å²) < 4.78 is 13.2. The Morgan fingerprint density at radius 1 is 1.25 bits per heavy atom. The minimum Gasteiger partial charge on any atom is -0.494 e. The van der Waals surface area contributed by atoms with Crippen LogP contribution in [0.1, 0.15) is 23.9 Å². The van der Waals surface area contributed by atoms with Crippen molar-refractivity contribution >= 4 is 11.6 Å². The third kappa shape index (κ3) is 3.48. The van der Waals surface area contributed by atoms with Gasteiger partial charge in [-0.25, -0.2) is 4.68 Å². The van der Waals surface area contributed by atoms with Gasteiger partial charge in [0.05, 0.1) is 30.6 Å². The van der Waals surface area contributed by atoms with Crippen LogP contribution >= 0.6 is 0 Å². The normalized spacial score (nSPS) is 18.8. The summed E-state index contributed by atoms with van der Waals surface area (Å²) in [4.78, 5) is 17.1. The summed E-state index contributed by atoms with van der Waals surface area (Å²) in [5.41, 5.74) is 3.21. The van der Waals surface area contributed by atoms with E-state index < -0.39 is 0 Å². The van der Waals surface area contributed by atoms with E-state index in [1.807, 2.05) is 49.4 Å². The fourth-order valence-electron chi connectivity index (χ4n) is 3.46. The van der Waals surface area contributed by atoms with Gasteiger partial charge in [0.15, 0.2) is 0 Å². The van der Waals surface area contributed by atoms with Crippen LogP contribution < -0.4 is 10.1 Å². The summed E-state index contributed by atoms with van der Waals surface area (Å²) in [5.74, 6) is 0.310. The number of methoxy groups -OCH3 is 1. The predicted molar refractivity (Wildman–Crippen MR) is 105 cm³/mol. The number of benzene rings is 1. The molecule has 3 heterocycles. The molecule has 0 saturated carbocycles. The Bertz CT molecular complexity index is 968. The second-order valence-electron chi connectivity index (χ2n) is 6.70. The van der Waals surface area contributed by atoms with Crippen molar-refractivity contribution in [3.63, 3.8) is 0 Å². The molecule has 7 heteroatoms. The van der Waals surface area contributed by atoms with E-state index >= 15 is 0 Å². The zero-order valence-corrected chi connectivity index (χ0v) is 15.8. The van der Waals surface area contributed by atoms with Gasteiger partial charge in [0.1, 0.15) is 17.5 Å². The van der Waals surface area contributed by atoms with Crippen LogP contribution in [0.15, 0.2) is 54.9 Å². The zero-order valence-electron chi connectivity index (χ0n) is 15.8. The van der Waals surface area contributed by atoms with Crippen molar-refractivity contribution < 1.29 is 14.3 Å². The van der Waals surface area contributed by atoms with Crippen LogP contribution in [-0.2, 0) is 9.53 Å². The van der Waals surface area contributed by atoms with Crippen molar-refractivity contribution in [3.05, 3.63) is 66.2 Å². The molecular formula is C21H22N4O3. The molecule has 28 heavy (non-hydrogen) atoms. The van der Waals surface area contributed by atoms with Gasteiger partial charge in [-0.2, -0.15) is 5.10 Å². The minimum atomic E-state index is -0.384.